The molecule has 2 nitrogen and oxygen atoms in total. The van der Waals surface area contributed by atoms with E-state index < -0.39 is 0 Å². The smallest absolute Gasteiger partial charge is 0.0604 e. The summed E-state index contributed by atoms with van der Waals surface area (Å²) in [5.41, 5.74) is 1.25. The third-order valence-electron chi connectivity index (χ3n) is 3.33. The highest BCUT2D eigenvalue weighted by Gasteiger charge is 2.30. The first kappa shape index (κ1) is 12.9. The van der Waals surface area contributed by atoms with Crippen LogP contribution in [0.2, 0.25) is 5.02 Å². The predicted molar refractivity (Wildman–Crippen MR) is 71.4 cm³/mol. The molecule has 3 heteroatoms. The zero-order chi connectivity index (χ0) is 12.3. The van der Waals surface area contributed by atoms with Crippen LogP contribution in [-0.2, 0) is 4.74 Å². The van der Waals surface area contributed by atoms with E-state index in [4.69, 9.17) is 16.3 Å². The van der Waals surface area contributed by atoms with Crippen molar-refractivity contribution in [2.24, 2.45) is 0 Å². The molecule has 0 heterocycles. The van der Waals surface area contributed by atoms with Crippen LogP contribution >= 0.6 is 11.6 Å². The van der Waals surface area contributed by atoms with Crippen LogP contribution in [-0.4, -0.2) is 18.8 Å². The van der Waals surface area contributed by atoms with Gasteiger partial charge in [-0.1, -0.05) is 23.7 Å². The second-order valence-corrected chi connectivity index (χ2v) is 5.13. The highest BCUT2D eigenvalue weighted by atomic mass is 35.5. The number of benzene rings is 1. The lowest BCUT2D eigenvalue weighted by molar-refractivity contribution is -0.0120. The number of hydrogen-bond acceptors (Lipinski definition) is 2. The van der Waals surface area contributed by atoms with Crippen molar-refractivity contribution in [2.75, 3.05) is 6.61 Å². The van der Waals surface area contributed by atoms with Gasteiger partial charge >= 0.3 is 0 Å². The summed E-state index contributed by atoms with van der Waals surface area (Å²) >= 11 is 5.99. The van der Waals surface area contributed by atoms with Crippen LogP contribution in [0, 0.1) is 0 Å². The molecule has 2 rings (SSSR count). The molecule has 1 aliphatic carbocycles. The third-order valence-corrected chi connectivity index (χ3v) is 3.57. The Bertz CT molecular complexity index is 363. The van der Waals surface area contributed by atoms with E-state index in [-0.39, 0.29) is 0 Å². The molecule has 1 atom stereocenters. The lowest BCUT2D eigenvalue weighted by Gasteiger charge is -2.37. The Hall–Kier alpha value is -0.570. The largest absolute Gasteiger partial charge is 0.378 e. The van der Waals surface area contributed by atoms with Gasteiger partial charge in [0.15, 0.2) is 0 Å². The minimum absolute atomic E-state index is 0.348. The number of halogens is 1. The van der Waals surface area contributed by atoms with Gasteiger partial charge in [0.25, 0.3) is 0 Å². The van der Waals surface area contributed by atoms with E-state index in [0.717, 1.165) is 24.5 Å². The Morgan fingerprint density at radius 3 is 2.88 bits per heavy atom. The summed E-state index contributed by atoms with van der Waals surface area (Å²) < 4.78 is 5.55. The SMILES string of the molecule is CCOC1CC(NC(C)c2cccc(Cl)c2)C1. The van der Waals surface area contributed by atoms with Crippen LogP contribution in [0.25, 0.3) is 0 Å². The molecule has 0 aromatic heterocycles. The Morgan fingerprint density at radius 2 is 2.24 bits per heavy atom. The number of hydrogen-bond donors (Lipinski definition) is 1. The zero-order valence-electron chi connectivity index (χ0n) is 10.4. The summed E-state index contributed by atoms with van der Waals surface area (Å²) in [7, 11) is 0. The predicted octanol–water partition coefficient (Wildman–Crippen LogP) is 3.56. The van der Waals surface area contributed by atoms with Crippen LogP contribution in [0.1, 0.15) is 38.3 Å². The molecule has 0 aliphatic heterocycles. The van der Waals surface area contributed by atoms with Crippen molar-refractivity contribution in [3.63, 3.8) is 0 Å². The fourth-order valence-corrected chi connectivity index (χ4v) is 2.50. The maximum Gasteiger partial charge on any atom is 0.0604 e. The van der Waals surface area contributed by atoms with Gasteiger partial charge in [-0.25, -0.2) is 0 Å². The molecule has 1 saturated carbocycles. The molecule has 1 N–H and O–H groups in total. The van der Waals surface area contributed by atoms with Crippen LogP contribution in [0.3, 0.4) is 0 Å². The average molecular weight is 254 g/mol. The summed E-state index contributed by atoms with van der Waals surface area (Å²) in [4.78, 5) is 0. The van der Waals surface area contributed by atoms with Crippen LogP contribution < -0.4 is 5.32 Å². The molecule has 1 aromatic rings. The van der Waals surface area contributed by atoms with Gasteiger partial charge in [0.2, 0.25) is 0 Å². The van der Waals surface area contributed by atoms with Crippen molar-refractivity contribution in [3.05, 3.63) is 34.9 Å². The lowest BCUT2D eigenvalue weighted by atomic mass is 9.88. The van der Waals surface area contributed by atoms with E-state index in [1.54, 1.807) is 0 Å². The average Bonchev–Trinajstić information content (AvgIpc) is 2.26. The first-order valence-corrected chi connectivity index (χ1v) is 6.70. The molecule has 1 aliphatic rings. The van der Waals surface area contributed by atoms with E-state index in [0.29, 0.717) is 18.2 Å². The summed E-state index contributed by atoms with van der Waals surface area (Å²) in [6.45, 7) is 5.05. The molecule has 0 saturated heterocycles. The minimum atomic E-state index is 0.348. The number of rotatable bonds is 5. The standard InChI is InChI=1S/C14H20ClNO/c1-3-17-14-8-13(9-14)16-10(2)11-5-4-6-12(15)7-11/h4-7,10,13-14,16H,3,8-9H2,1-2H3. The third kappa shape index (κ3) is 3.44. The van der Waals surface area contributed by atoms with E-state index in [9.17, 15) is 0 Å². The molecule has 1 fully saturated rings. The van der Waals surface area contributed by atoms with Crippen LogP contribution in [0.5, 0.6) is 0 Å². The topological polar surface area (TPSA) is 21.3 Å². The van der Waals surface area contributed by atoms with Gasteiger partial charge in [-0.05, 0) is 44.4 Å². The van der Waals surface area contributed by atoms with E-state index in [1.807, 2.05) is 18.2 Å². The maximum atomic E-state index is 5.99. The molecule has 94 valence electrons. The highest BCUT2D eigenvalue weighted by Crippen LogP contribution is 2.26. The maximum absolute atomic E-state index is 5.99. The Balaban J connectivity index is 1.80. The Kier molecular flexibility index (Phi) is 4.43. The number of nitrogens with one attached hydrogen (secondary N) is 1. The first-order chi connectivity index (χ1) is 8.19. The second-order valence-electron chi connectivity index (χ2n) is 4.69. The van der Waals surface area contributed by atoms with Gasteiger partial charge in [0.1, 0.15) is 0 Å². The van der Waals surface area contributed by atoms with Crippen molar-refractivity contribution < 1.29 is 4.74 Å². The van der Waals surface area contributed by atoms with Gasteiger partial charge in [0.05, 0.1) is 6.10 Å². The lowest BCUT2D eigenvalue weighted by Crippen LogP contribution is -2.46. The molecular weight excluding hydrogens is 234 g/mol. The molecular formula is C14H20ClNO. The van der Waals surface area contributed by atoms with Crippen molar-refractivity contribution in [1.82, 2.24) is 5.32 Å². The summed E-state index contributed by atoms with van der Waals surface area (Å²) in [5.74, 6) is 0. The Labute approximate surface area is 108 Å². The quantitative estimate of drug-likeness (QED) is 0.867. The Morgan fingerprint density at radius 1 is 1.47 bits per heavy atom. The van der Waals surface area contributed by atoms with Crippen molar-refractivity contribution in [1.29, 1.82) is 0 Å². The van der Waals surface area contributed by atoms with Crippen molar-refractivity contribution in [2.45, 2.75) is 44.9 Å². The summed E-state index contributed by atoms with van der Waals surface area (Å²) in [6, 6.07) is 8.98. The van der Waals surface area contributed by atoms with E-state index >= 15 is 0 Å². The summed E-state index contributed by atoms with van der Waals surface area (Å²) in [5, 5.41) is 4.41. The van der Waals surface area contributed by atoms with Gasteiger partial charge in [-0.2, -0.15) is 0 Å². The normalized spacial score (nSPS) is 25.4. The van der Waals surface area contributed by atoms with Gasteiger partial charge < -0.3 is 10.1 Å². The minimum Gasteiger partial charge on any atom is -0.378 e. The fraction of sp³-hybridized carbons (Fsp3) is 0.571. The van der Waals surface area contributed by atoms with Crippen molar-refractivity contribution >= 4 is 11.6 Å². The molecule has 0 bridgehead atoms. The molecule has 1 aromatic carbocycles. The monoisotopic (exact) mass is 253 g/mol. The molecule has 0 spiro atoms. The molecule has 0 radical (unpaired) electrons. The zero-order valence-corrected chi connectivity index (χ0v) is 11.2. The molecule has 1 unspecified atom stereocenters. The highest BCUT2D eigenvalue weighted by molar-refractivity contribution is 6.30. The molecule has 0 amide bonds. The number of ether oxygens (including phenoxy) is 1. The van der Waals surface area contributed by atoms with E-state index in [1.165, 1.54) is 5.56 Å². The second kappa shape index (κ2) is 5.85. The molecule has 17 heavy (non-hydrogen) atoms. The van der Waals surface area contributed by atoms with Crippen LogP contribution in [0.4, 0.5) is 0 Å². The van der Waals surface area contributed by atoms with Crippen LogP contribution in [0.15, 0.2) is 24.3 Å². The fourth-order valence-electron chi connectivity index (χ4n) is 2.30. The first-order valence-electron chi connectivity index (χ1n) is 6.32. The van der Waals surface area contributed by atoms with E-state index in [2.05, 4.69) is 25.2 Å². The van der Waals surface area contributed by atoms with Gasteiger partial charge in [0, 0.05) is 23.7 Å². The van der Waals surface area contributed by atoms with Gasteiger partial charge in [-0.3, -0.25) is 0 Å². The summed E-state index contributed by atoms with van der Waals surface area (Å²) in [6.07, 6.45) is 2.71. The van der Waals surface area contributed by atoms with Crippen molar-refractivity contribution in [3.8, 4) is 0 Å². The van der Waals surface area contributed by atoms with Gasteiger partial charge in [-0.15, -0.1) is 0 Å².